The molecule has 228 valence electrons. The van der Waals surface area contributed by atoms with E-state index in [0.717, 1.165) is 24.3 Å². The Kier molecular flexibility index (Phi) is 45.6. The minimum absolute atomic E-state index is 0. The third-order valence-corrected chi connectivity index (χ3v) is 8.76. The van der Waals surface area contributed by atoms with Gasteiger partial charge in [0.1, 0.15) is 0 Å². The van der Waals surface area contributed by atoms with Crippen molar-refractivity contribution in [1.82, 2.24) is 0 Å². The zero-order valence-electron chi connectivity index (χ0n) is 26.0. The summed E-state index contributed by atoms with van der Waals surface area (Å²) < 4.78 is 0. The molecule has 0 aliphatic heterocycles. The van der Waals surface area contributed by atoms with Crippen LogP contribution in [0.1, 0.15) is 168 Å². The standard InChI is InChI=1S/2C16H32O2S.Mg/c2*1-2-3-4-5-6-7-8-9-10-11-12-13-14-19-15-16(17)18;/h2*2-15H2,1H3,(H,17,18);/q;;+2/p-2. The molecule has 0 aromatic carbocycles. The molecule has 0 spiro atoms. The van der Waals surface area contributed by atoms with Crippen molar-refractivity contribution < 1.29 is 19.8 Å². The van der Waals surface area contributed by atoms with Gasteiger partial charge in [0.15, 0.2) is 0 Å². The zero-order valence-corrected chi connectivity index (χ0v) is 29.0. The minimum Gasteiger partial charge on any atom is -0.549 e. The Labute approximate surface area is 267 Å². The van der Waals surface area contributed by atoms with Crippen molar-refractivity contribution in [2.24, 2.45) is 0 Å². The second-order valence-electron chi connectivity index (χ2n) is 10.6. The van der Waals surface area contributed by atoms with Gasteiger partial charge in [-0.2, -0.15) is 23.5 Å². The number of thioether (sulfide) groups is 2. The van der Waals surface area contributed by atoms with E-state index in [0.29, 0.717) is 0 Å². The normalized spacial score (nSPS) is 10.5. The molecule has 0 rings (SSSR count). The Morgan fingerprint density at radius 3 is 0.821 bits per heavy atom. The molecular weight excluding hydrogens is 537 g/mol. The summed E-state index contributed by atoms with van der Waals surface area (Å²) in [5.74, 6) is 0.347. The molecular formula is C32H62MgO4S2. The molecule has 0 fully saturated rings. The number of carboxylic acids is 2. The van der Waals surface area contributed by atoms with Crippen LogP contribution in [-0.4, -0.2) is 58.0 Å². The van der Waals surface area contributed by atoms with Gasteiger partial charge in [0, 0.05) is 11.5 Å². The topological polar surface area (TPSA) is 80.3 Å². The molecule has 0 N–H and O–H groups in total. The molecule has 0 aliphatic rings. The van der Waals surface area contributed by atoms with Gasteiger partial charge in [-0.25, -0.2) is 0 Å². The molecule has 4 nitrogen and oxygen atoms in total. The molecule has 0 bridgehead atoms. The monoisotopic (exact) mass is 598 g/mol. The van der Waals surface area contributed by atoms with Crippen LogP contribution in [-0.2, 0) is 9.59 Å². The Morgan fingerprint density at radius 2 is 0.615 bits per heavy atom. The van der Waals surface area contributed by atoms with Crippen molar-refractivity contribution in [1.29, 1.82) is 0 Å². The molecule has 0 amide bonds. The summed E-state index contributed by atoms with van der Waals surface area (Å²) in [6, 6.07) is 0. The second kappa shape index (κ2) is 40.5. The molecule has 0 saturated carbocycles. The molecule has 0 atom stereocenters. The van der Waals surface area contributed by atoms with Crippen LogP contribution in [0.25, 0.3) is 0 Å². The van der Waals surface area contributed by atoms with Crippen LogP contribution in [0, 0.1) is 0 Å². The van der Waals surface area contributed by atoms with Gasteiger partial charge in [0.25, 0.3) is 0 Å². The van der Waals surface area contributed by atoms with Gasteiger partial charge in [0.05, 0.1) is 11.9 Å². The number of aliphatic carboxylic acids is 2. The molecule has 0 aliphatic carbocycles. The molecule has 0 aromatic rings. The van der Waals surface area contributed by atoms with Gasteiger partial charge in [-0.3, -0.25) is 0 Å². The van der Waals surface area contributed by atoms with E-state index in [-0.39, 0.29) is 34.6 Å². The van der Waals surface area contributed by atoms with E-state index >= 15 is 0 Å². The average Bonchev–Trinajstić information content (AvgIpc) is 2.89. The fraction of sp³-hybridized carbons (Fsp3) is 0.938. The first-order chi connectivity index (χ1) is 18.5. The fourth-order valence-electron chi connectivity index (χ4n) is 4.40. The van der Waals surface area contributed by atoms with Crippen LogP contribution in [0.5, 0.6) is 0 Å². The van der Waals surface area contributed by atoms with E-state index in [4.69, 9.17) is 0 Å². The summed E-state index contributed by atoms with van der Waals surface area (Å²) in [7, 11) is 0. The third-order valence-electron chi connectivity index (χ3n) is 6.72. The number of hydrogen-bond donors (Lipinski definition) is 0. The van der Waals surface area contributed by atoms with Crippen LogP contribution >= 0.6 is 23.5 Å². The number of hydrogen-bond acceptors (Lipinski definition) is 6. The van der Waals surface area contributed by atoms with Crippen molar-refractivity contribution in [2.75, 3.05) is 23.0 Å². The van der Waals surface area contributed by atoms with Gasteiger partial charge < -0.3 is 19.8 Å². The van der Waals surface area contributed by atoms with Crippen LogP contribution in [0.2, 0.25) is 0 Å². The maximum atomic E-state index is 10.2. The maximum absolute atomic E-state index is 10.2. The van der Waals surface area contributed by atoms with Crippen molar-refractivity contribution in [3.8, 4) is 0 Å². The average molecular weight is 599 g/mol. The van der Waals surface area contributed by atoms with Gasteiger partial charge in [-0.05, 0) is 24.3 Å². The first kappa shape index (κ1) is 43.9. The van der Waals surface area contributed by atoms with Crippen LogP contribution in [0.15, 0.2) is 0 Å². The number of rotatable bonds is 30. The van der Waals surface area contributed by atoms with Crippen LogP contribution in [0.4, 0.5) is 0 Å². The number of carboxylic acid groups (broad SMARTS) is 2. The number of unbranched alkanes of at least 4 members (excludes halogenated alkanes) is 22. The zero-order chi connectivity index (χ0) is 28.4. The largest absolute Gasteiger partial charge is 2.00 e. The predicted octanol–water partition coefficient (Wildman–Crippen LogP) is 7.96. The maximum Gasteiger partial charge on any atom is 2.00 e. The van der Waals surface area contributed by atoms with Gasteiger partial charge in [-0.1, -0.05) is 155 Å². The van der Waals surface area contributed by atoms with E-state index < -0.39 is 11.9 Å². The van der Waals surface area contributed by atoms with E-state index in [1.54, 1.807) is 0 Å². The predicted molar refractivity (Wildman–Crippen MR) is 173 cm³/mol. The Hall–Kier alpha value is 0.406. The Morgan fingerprint density at radius 1 is 0.410 bits per heavy atom. The van der Waals surface area contributed by atoms with Crippen molar-refractivity contribution in [2.45, 2.75) is 168 Å². The molecule has 0 unspecified atom stereocenters. The summed E-state index contributed by atoms with van der Waals surface area (Å²) in [4.78, 5) is 20.4. The molecule has 0 heterocycles. The third kappa shape index (κ3) is 48.5. The molecule has 0 radical (unpaired) electrons. The summed E-state index contributed by atoms with van der Waals surface area (Å²) in [5, 5.41) is 20.4. The second-order valence-corrected chi connectivity index (χ2v) is 12.8. The molecule has 39 heavy (non-hydrogen) atoms. The van der Waals surface area contributed by atoms with Crippen LogP contribution < -0.4 is 10.2 Å². The molecule has 0 aromatic heterocycles. The fourth-order valence-corrected chi connectivity index (χ4v) is 5.84. The van der Waals surface area contributed by atoms with Crippen molar-refractivity contribution >= 4 is 58.5 Å². The minimum atomic E-state index is -0.941. The van der Waals surface area contributed by atoms with E-state index in [2.05, 4.69) is 13.8 Å². The summed E-state index contributed by atoms with van der Waals surface area (Å²) >= 11 is 2.96. The first-order valence-electron chi connectivity index (χ1n) is 16.1. The number of carbonyl (C=O) groups is 2. The molecule has 7 heteroatoms. The van der Waals surface area contributed by atoms with Crippen molar-refractivity contribution in [3.63, 3.8) is 0 Å². The smallest absolute Gasteiger partial charge is 0.549 e. The van der Waals surface area contributed by atoms with Gasteiger partial charge >= 0.3 is 23.1 Å². The number of carbonyl (C=O) groups excluding carboxylic acids is 2. The molecule has 0 saturated heterocycles. The summed E-state index contributed by atoms with van der Waals surface area (Å²) in [5.41, 5.74) is 0. The Balaban J connectivity index is -0.000000648. The Bertz CT molecular complexity index is 439. The van der Waals surface area contributed by atoms with Gasteiger partial charge in [0.2, 0.25) is 0 Å². The summed E-state index contributed by atoms with van der Waals surface area (Å²) in [6.45, 7) is 4.52. The SMILES string of the molecule is CCCCCCCCCCCCCCSCC(=O)[O-].CCCCCCCCCCCCCCSCC(=O)[O-].[Mg+2]. The quantitative estimate of drug-likeness (QED) is 0.0616. The van der Waals surface area contributed by atoms with Crippen molar-refractivity contribution in [3.05, 3.63) is 0 Å². The van der Waals surface area contributed by atoms with E-state index in [1.165, 1.54) is 165 Å². The van der Waals surface area contributed by atoms with Crippen LogP contribution in [0.3, 0.4) is 0 Å². The van der Waals surface area contributed by atoms with Gasteiger partial charge in [-0.15, -0.1) is 0 Å². The van der Waals surface area contributed by atoms with E-state index in [1.807, 2.05) is 0 Å². The summed E-state index contributed by atoms with van der Waals surface area (Å²) in [6.07, 6.45) is 32.4. The first-order valence-corrected chi connectivity index (χ1v) is 18.4. The van der Waals surface area contributed by atoms with E-state index in [9.17, 15) is 19.8 Å².